The second kappa shape index (κ2) is 12.7. The van der Waals surface area contributed by atoms with Crippen molar-refractivity contribution in [3.63, 3.8) is 0 Å². The van der Waals surface area contributed by atoms with E-state index in [0.717, 1.165) is 11.6 Å². The Bertz CT molecular complexity index is 1690. The van der Waals surface area contributed by atoms with Crippen LogP contribution in [-0.2, 0) is 21.0 Å². The molecule has 12 heteroatoms. The van der Waals surface area contributed by atoms with Gasteiger partial charge in [0, 0.05) is 0 Å². The largest absolute Gasteiger partial charge is 0.416 e. The molecule has 0 aliphatic heterocycles. The number of halogens is 4. The number of anilines is 2. The average Bonchev–Trinajstić information content (AvgIpc) is 2.97. The summed E-state index contributed by atoms with van der Waals surface area (Å²) in [4.78, 5) is 26.1. The summed E-state index contributed by atoms with van der Waals surface area (Å²) < 4.78 is 68.3. The Morgan fingerprint density at radius 2 is 1.48 bits per heavy atom. The zero-order valence-electron chi connectivity index (χ0n) is 22.1. The second-order valence-electron chi connectivity index (χ2n) is 9.19. The van der Waals surface area contributed by atoms with Gasteiger partial charge in [-0.2, -0.15) is 13.2 Å². The van der Waals surface area contributed by atoms with Crippen molar-refractivity contribution >= 4 is 44.8 Å². The van der Waals surface area contributed by atoms with Gasteiger partial charge in [-0.05, 0) is 55.0 Å². The van der Waals surface area contributed by atoms with Gasteiger partial charge in [-0.15, -0.1) is 0 Å². The molecule has 0 unspecified atom stereocenters. The highest BCUT2D eigenvalue weighted by Gasteiger charge is 2.34. The third kappa shape index (κ3) is 7.10. The molecule has 0 aliphatic rings. The van der Waals surface area contributed by atoms with Crippen molar-refractivity contribution < 1.29 is 31.2 Å². The molecule has 2 amide bonds. The first-order chi connectivity index (χ1) is 19.9. The summed E-state index contributed by atoms with van der Waals surface area (Å²) in [7, 11) is -4.56. The average molecular weight is 616 g/mol. The van der Waals surface area contributed by atoms with Crippen molar-refractivity contribution in [2.45, 2.75) is 24.0 Å². The highest BCUT2D eigenvalue weighted by molar-refractivity contribution is 7.92. The molecule has 1 atom stereocenters. The van der Waals surface area contributed by atoms with E-state index < -0.39 is 45.8 Å². The van der Waals surface area contributed by atoms with Gasteiger partial charge in [0.2, 0.25) is 5.91 Å². The Hall–Kier alpha value is -4.35. The lowest BCUT2D eigenvalue weighted by atomic mass is 10.1. The minimum Gasteiger partial charge on any atom is -0.345 e. The molecule has 4 aromatic rings. The molecule has 0 bridgehead atoms. The van der Waals surface area contributed by atoms with Crippen LogP contribution in [0.15, 0.2) is 108 Å². The van der Waals surface area contributed by atoms with Gasteiger partial charge in [0.1, 0.15) is 6.54 Å². The Morgan fingerprint density at radius 1 is 0.881 bits per heavy atom. The molecule has 0 heterocycles. The van der Waals surface area contributed by atoms with Crippen LogP contribution in [0.3, 0.4) is 0 Å². The first kappa shape index (κ1) is 30.6. The lowest BCUT2D eigenvalue weighted by Crippen LogP contribution is -2.39. The fraction of sp³-hybridized carbons (Fsp3) is 0.133. The van der Waals surface area contributed by atoms with Gasteiger partial charge in [-0.3, -0.25) is 13.9 Å². The van der Waals surface area contributed by atoms with Crippen LogP contribution >= 0.6 is 11.6 Å². The molecule has 4 rings (SSSR count). The number of rotatable bonds is 9. The first-order valence-electron chi connectivity index (χ1n) is 12.6. The molecule has 0 aliphatic carbocycles. The van der Waals surface area contributed by atoms with Gasteiger partial charge in [0.25, 0.3) is 15.9 Å². The molecule has 4 aromatic carbocycles. The zero-order chi connectivity index (χ0) is 30.5. The number of nitrogens with zero attached hydrogens (tertiary/aromatic N) is 1. The summed E-state index contributed by atoms with van der Waals surface area (Å²) in [5, 5.41) is 5.05. The summed E-state index contributed by atoms with van der Waals surface area (Å²) in [6.07, 6.45) is -4.80. The molecule has 0 saturated carbocycles. The Morgan fingerprint density at radius 3 is 2.12 bits per heavy atom. The van der Waals surface area contributed by atoms with Crippen molar-refractivity contribution in [3.05, 3.63) is 125 Å². The quantitative estimate of drug-likeness (QED) is 0.219. The van der Waals surface area contributed by atoms with E-state index in [1.165, 1.54) is 36.4 Å². The second-order valence-corrected chi connectivity index (χ2v) is 11.5. The number of carbonyl (C=O) groups is 2. The van der Waals surface area contributed by atoms with Crippen LogP contribution in [0.25, 0.3) is 0 Å². The number of carbonyl (C=O) groups excluding carboxylic acids is 2. The van der Waals surface area contributed by atoms with E-state index in [9.17, 15) is 31.2 Å². The molecule has 0 fully saturated rings. The third-order valence-electron chi connectivity index (χ3n) is 6.25. The molecular formula is C30H25ClF3N3O4S. The van der Waals surface area contributed by atoms with Gasteiger partial charge < -0.3 is 10.6 Å². The minimum absolute atomic E-state index is 0.0764. The number of hydrogen-bond donors (Lipinski definition) is 2. The molecule has 7 nitrogen and oxygen atoms in total. The van der Waals surface area contributed by atoms with Crippen molar-refractivity contribution in [1.29, 1.82) is 0 Å². The number of benzene rings is 4. The minimum atomic E-state index is -4.80. The highest BCUT2D eigenvalue weighted by atomic mass is 35.5. The van der Waals surface area contributed by atoms with Crippen molar-refractivity contribution in [2.24, 2.45) is 0 Å². The lowest BCUT2D eigenvalue weighted by molar-refractivity contribution is -0.137. The normalized spacial score (nSPS) is 12.3. The standard InChI is InChI=1S/C30H25ClF3N3O4S/c1-20(21-10-4-2-5-11-21)35-29(39)24-14-8-9-15-26(24)36-28(38)19-37(42(40,41)23-12-6-3-7-13-23)27-18-22(30(32,33)34)16-17-25(27)31/h2-18,20H,19H2,1H3,(H,35,39)(H,36,38)/t20-/m0/s1. The summed E-state index contributed by atoms with van der Waals surface area (Å²) >= 11 is 6.19. The fourth-order valence-electron chi connectivity index (χ4n) is 4.11. The van der Waals surface area contributed by atoms with E-state index >= 15 is 0 Å². The monoisotopic (exact) mass is 615 g/mol. The molecule has 2 N–H and O–H groups in total. The number of amides is 2. The zero-order valence-corrected chi connectivity index (χ0v) is 23.7. The Kier molecular flexibility index (Phi) is 9.23. The summed E-state index contributed by atoms with van der Waals surface area (Å²) in [6, 6.07) is 24.0. The topological polar surface area (TPSA) is 95.6 Å². The van der Waals surface area contributed by atoms with E-state index in [1.807, 2.05) is 30.3 Å². The third-order valence-corrected chi connectivity index (χ3v) is 8.35. The van der Waals surface area contributed by atoms with Gasteiger partial charge in [0.15, 0.2) is 0 Å². The van der Waals surface area contributed by atoms with E-state index in [-0.39, 0.29) is 27.2 Å². The van der Waals surface area contributed by atoms with Gasteiger partial charge in [-0.25, -0.2) is 8.42 Å². The summed E-state index contributed by atoms with van der Waals surface area (Å²) in [6.45, 7) is 0.855. The number of sulfonamides is 1. The van der Waals surface area contributed by atoms with Crippen LogP contribution in [0.2, 0.25) is 5.02 Å². The highest BCUT2D eigenvalue weighted by Crippen LogP contribution is 2.37. The van der Waals surface area contributed by atoms with Crippen LogP contribution < -0.4 is 14.9 Å². The molecule has 0 aromatic heterocycles. The smallest absolute Gasteiger partial charge is 0.345 e. The van der Waals surface area contributed by atoms with Gasteiger partial charge >= 0.3 is 6.18 Å². The van der Waals surface area contributed by atoms with E-state index in [0.29, 0.717) is 16.4 Å². The summed E-state index contributed by atoms with van der Waals surface area (Å²) in [5.74, 6) is -1.42. The van der Waals surface area contributed by atoms with Crippen molar-refractivity contribution in [3.8, 4) is 0 Å². The molecule has 0 saturated heterocycles. The van der Waals surface area contributed by atoms with E-state index in [1.54, 1.807) is 25.1 Å². The number of alkyl halides is 3. The first-order valence-corrected chi connectivity index (χ1v) is 14.4. The van der Waals surface area contributed by atoms with E-state index in [4.69, 9.17) is 11.6 Å². The van der Waals surface area contributed by atoms with Gasteiger partial charge in [0.05, 0.1) is 38.5 Å². The van der Waals surface area contributed by atoms with Crippen LogP contribution in [0.1, 0.15) is 34.5 Å². The molecule has 218 valence electrons. The molecule has 0 radical (unpaired) electrons. The van der Waals surface area contributed by atoms with Crippen molar-refractivity contribution in [2.75, 3.05) is 16.2 Å². The predicted octanol–water partition coefficient (Wildman–Crippen LogP) is 6.68. The maximum atomic E-state index is 13.6. The number of para-hydroxylation sites is 1. The van der Waals surface area contributed by atoms with E-state index in [2.05, 4.69) is 10.6 Å². The van der Waals surface area contributed by atoms with Crippen LogP contribution in [0, 0.1) is 0 Å². The lowest BCUT2D eigenvalue weighted by Gasteiger charge is -2.26. The fourth-order valence-corrected chi connectivity index (χ4v) is 5.83. The van der Waals surface area contributed by atoms with Gasteiger partial charge in [-0.1, -0.05) is 72.3 Å². The summed E-state index contributed by atoms with van der Waals surface area (Å²) in [5.41, 5.74) is -0.652. The Balaban J connectivity index is 1.65. The van der Waals surface area contributed by atoms with Crippen LogP contribution in [-0.4, -0.2) is 26.8 Å². The molecular weight excluding hydrogens is 591 g/mol. The maximum absolute atomic E-state index is 13.6. The number of hydrogen-bond acceptors (Lipinski definition) is 4. The number of nitrogens with one attached hydrogen (secondary N) is 2. The molecule has 42 heavy (non-hydrogen) atoms. The molecule has 0 spiro atoms. The van der Waals surface area contributed by atoms with Crippen LogP contribution in [0.5, 0.6) is 0 Å². The SMILES string of the molecule is C[C@H](NC(=O)c1ccccc1NC(=O)CN(c1cc(C(F)(F)F)ccc1Cl)S(=O)(=O)c1ccccc1)c1ccccc1. The Labute approximate surface area is 246 Å². The van der Waals surface area contributed by atoms with Crippen LogP contribution in [0.4, 0.5) is 24.5 Å². The predicted molar refractivity (Wildman–Crippen MR) is 155 cm³/mol. The van der Waals surface area contributed by atoms with Crippen molar-refractivity contribution in [1.82, 2.24) is 5.32 Å². The maximum Gasteiger partial charge on any atom is 0.416 e.